The van der Waals surface area contributed by atoms with Crippen LogP contribution < -0.4 is 10.2 Å². The average Bonchev–Trinajstić information content (AvgIpc) is 3.26. The first-order valence-corrected chi connectivity index (χ1v) is 9.65. The van der Waals surface area contributed by atoms with E-state index in [2.05, 4.69) is 15.2 Å². The number of nitrogens with zero attached hydrogens (tertiary/aromatic N) is 3. The summed E-state index contributed by atoms with van der Waals surface area (Å²) >= 11 is 0. The molecule has 0 aliphatic carbocycles. The van der Waals surface area contributed by atoms with Crippen LogP contribution in [0.4, 0.5) is 5.95 Å². The van der Waals surface area contributed by atoms with Crippen molar-refractivity contribution in [2.75, 3.05) is 18.0 Å². The van der Waals surface area contributed by atoms with Gasteiger partial charge in [0.25, 0.3) is 0 Å². The van der Waals surface area contributed by atoms with Crippen molar-refractivity contribution in [1.29, 1.82) is 0 Å². The van der Waals surface area contributed by atoms with Gasteiger partial charge in [0.2, 0.25) is 11.9 Å². The number of rotatable bonds is 5. The number of carbonyl (C=O) groups is 1. The number of furan rings is 1. The maximum atomic E-state index is 12.6. The van der Waals surface area contributed by atoms with Gasteiger partial charge >= 0.3 is 0 Å². The van der Waals surface area contributed by atoms with Crippen molar-refractivity contribution < 1.29 is 9.21 Å². The van der Waals surface area contributed by atoms with Crippen molar-refractivity contribution in [3.63, 3.8) is 0 Å². The number of benzene rings is 1. The molecule has 0 bridgehead atoms. The van der Waals surface area contributed by atoms with E-state index >= 15 is 0 Å². The maximum Gasteiger partial charge on any atom is 0.226 e. The Balaban J connectivity index is 1.47. The van der Waals surface area contributed by atoms with E-state index in [1.54, 1.807) is 6.26 Å². The lowest BCUT2D eigenvalue weighted by molar-refractivity contribution is -0.125. The van der Waals surface area contributed by atoms with Gasteiger partial charge in [0.05, 0.1) is 24.4 Å². The van der Waals surface area contributed by atoms with Crippen molar-refractivity contribution in [3.8, 4) is 11.3 Å². The quantitative estimate of drug-likeness (QED) is 0.737. The smallest absolute Gasteiger partial charge is 0.226 e. The lowest BCUT2D eigenvalue weighted by Gasteiger charge is -2.32. The van der Waals surface area contributed by atoms with E-state index < -0.39 is 0 Å². The van der Waals surface area contributed by atoms with Gasteiger partial charge in [-0.1, -0.05) is 30.3 Å². The van der Waals surface area contributed by atoms with Gasteiger partial charge in [-0.2, -0.15) is 0 Å². The van der Waals surface area contributed by atoms with Gasteiger partial charge in [0.15, 0.2) is 0 Å². The number of carbonyl (C=O) groups excluding carboxylic acids is 1. The Bertz CT molecular complexity index is 925. The second-order valence-corrected chi connectivity index (χ2v) is 7.14. The molecule has 1 amide bonds. The molecule has 6 heteroatoms. The third kappa shape index (κ3) is 4.22. The number of aromatic nitrogens is 2. The zero-order valence-electron chi connectivity index (χ0n) is 16.0. The molecule has 0 spiro atoms. The Hall–Kier alpha value is -3.15. The Morgan fingerprint density at radius 1 is 1.21 bits per heavy atom. The fourth-order valence-electron chi connectivity index (χ4n) is 3.56. The minimum atomic E-state index is -0.0759. The van der Waals surface area contributed by atoms with E-state index in [1.165, 1.54) is 0 Å². The Labute approximate surface area is 164 Å². The standard InChI is InChI=1S/C22H24N4O2/c1-16-13-20(17-7-3-2-4-8-17)25-22(24-16)26-11-5-9-18(15-26)21(27)23-14-19-10-6-12-28-19/h2-4,6-8,10,12-13,18H,5,9,11,14-15H2,1H3,(H,23,27). The van der Waals surface area contributed by atoms with E-state index in [0.29, 0.717) is 19.0 Å². The number of hydrogen-bond donors (Lipinski definition) is 1. The second kappa shape index (κ2) is 8.25. The molecule has 3 aromatic rings. The van der Waals surface area contributed by atoms with Crippen molar-refractivity contribution in [3.05, 3.63) is 66.2 Å². The predicted octanol–water partition coefficient (Wildman–Crippen LogP) is 3.58. The van der Waals surface area contributed by atoms with Crippen LogP contribution in [-0.4, -0.2) is 29.0 Å². The summed E-state index contributed by atoms with van der Waals surface area (Å²) in [6.45, 7) is 3.89. The van der Waals surface area contributed by atoms with Gasteiger partial charge in [-0.25, -0.2) is 9.97 Å². The van der Waals surface area contributed by atoms with Crippen LogP contribution in [0.3, 0.4) is 0 Å². The summed E-state index contributed by atoms with van der Waals surface area (Å²) in [7, 11) is 0. The summed E-state index contributed by atoms with van der Waals surface area (Å²) in [5.41, 5.74) is 2.90. The molecule has 1 aromatic carbocycles. The van der Waals surface area contributed by atoms with Gasteiger partial charge < -0.3 is 14.6 Å². The molecule has 28 heavy (non-hydrogen) atoms. The number of amides is 1. The summed E-state index contributed by atoms with van der Waals surface area (Å²) < 4.78 is 5.28. The van der Waals surface area contributed by atoms with Crippen molar-refractivity contribution in [2.45, 2.75) is 26.3 Å². The summed E-state index contributed by atoms with van der Waals surface area (Å²) in [6.07, 6.45) is 3.43. The van der Waals surface area contributed by atoms with Crippen LogP contribution in [0, 0.1) is 12.8 Å². The minimum absolute atomic E-state index is 0.0528. The zero-order chi connectivity index (χ0) is 19.3. The molecule has 1 fully saturated rings. The van der Waals surface area contributed by atoms with Crippen LogP contribution in [-0.2, 0) is 11.3 Å². The highest BCUT2D eigenvalue weighted by Gasteiger charge is 2.27. The minimum Gasteiger partial charge on any atom is -0.467 e. The average molecular weight is 376 g/mol. The van der Waals surface area contributed by atoms with Gasteiger partial charge in [-0.3, -0.25) is 4.79 Å². The van der Waals surface area contributed by atoms with Gasteiger partial charge in [-0.15, -0.1) is 0 Å². The molecule has 1 aliphatic rings. The van der Waals surface area contributed by atoms with Crippen LogP contribution in [0.5, 0.6) is 0 Å². The molecule has 1 aliphatic heterocycles. The highest BCUT2D eigenvalue weighted by atomic mass is 16.3. The normalized spacial score (nSPS) is 16.8. The molecular weight excluding hydrogens is 352 g/mol. The third-order valence-electron chi connectivity index (χ3n) is 5.00. The summed E-state index contributed by atoms with van der Waals surface area (Å²) in [4.78, 5) is 24.1. The van der Waals surface area contributed by atoms with E-state index in [1.807, 2.05) is 55.5 Å². The molecule has 1 saturated heterocycles. The van der Waals surface area contributed by atoms with Crippen LogP contribution >= 0.6 is 0 Å². The highest BCUT2D eigenvalue weighted by molar-refractivity contribution is 5.79. The first kappa shape index (κ1) is 18.2. The first-order valence-electron chi connectivity index (χ1n) is 9.65. The molecule has 2 aromatic heterocycles. The van der Waals surface area contributed by atoms with Crippen LogP contribution in [0.25, 0.3) is 11.3 Å². The Morgan fingerprint density at radius 3 is 2.86 bits per heavy atom. The van der Waals surface area contributed by atoms with E-state index in [4.69, 9.17) is 9.40 Å². The maximum absolute atomic E-state index is 12.6. The SMILES string of the molecule is Cc1cc(-c2ccccc2)nc(N2CCCC(C(=O)NCc3ccco3)C2)n1. The summed E-state index contributed by atoms with van der Waals surface area (Å²) in [5.74, 6) is 1.43. The van der Waals surface area contributed by atoms with E-state index in [-0.39, 0.29) is 11.8 Å². The molecule has 6 nitrogen and oxygen atoms in total. The third-order valence-corrected chi connectivity index (χ3v) is 5.00. The number of anilines is 1. The second-order valence-electron chi connectivity index (χ2n) is 7.14. The van der Waals surface area contributed by atoms with Gasteiger partial charge in [0.1, 0.15) is 5.76 Å². The molecule has 3 heterocycles. The fraction of sp³-hybridized carbons (Fsp3) is 0.318. The number of hydrogen-bond acceptors (Lipinski definition) is 5. The molecule has 0 radical (unpaired) electrons. The van der Waals surface area contributed by atoms with Crippen LogP contribution in [0.1, 0.15) is 24.3 Å². The van der Waals surface area contributed by atoms with Crippen LogP contribution in [0.2, 0.25) is 0 Å². The molecule has 4 rings (SSSR count). The number of piperidine rings is 1. The van der Waals surface area contributed by atoms with Crippen molar-refractivity contribution in [2.24, 2.45) is 5.92 Å². The molecule has 0 saturated carbocycles. The summed E-state index contributed by atoms with van der Waals surface area (Å²) in [5, 5.41) is 2.98. The zero-order valence-corrected chi connectivity index (χ0v) is 16.0. The number of nitrogens with one attached hydrogen (secondary N) is 1. The lowest BCUT2D eigenvalue weighted by Crippen LogP contribution is -2.43. The molecule has 1 atom stereocenters. The molecule has 1 unspecified atom stereocenters. The largest absolute Gasteiger partial charge is 0.467 e. The Kier molecular flexibility index (Phi) is 5.37. The monoisotopic (exact) mass is 376 g/mol. The molecular formula is C22H24N4O2. The fourth-order valence-corrected chi connectivity index (χ4v) is 3.56. The molecule has 144 valence electrons. The van der Waals surface area contributed by atoms with Crippen molar-refractivity contribution >= 4 is 11.9 Å². The Morgan fingerprint density at radius 2 is 2.07 bits per heavy atom. The molecule has 1 N–H and O–H groups in total. The van der Waals surface area contributed by atoms with Crippen molar-refractivity contribution in [1.82, 2.24) is 15.3 Å². The lowest BCUT2D eigenvalue weighted by atomic mass is 9.97. The van der Waals surface area contributed by atoms with Crippen LogP contribution in [0.15, 0.2) is 59.2 Å². The van der Waals surface area contributed by atoms with Gasteiger partial charge in [-0.05, 0) is 38.0 Å². The van der Waals surface area contributed by atoms with E-state index in [9.17, 15) is 4.79 Å². The topological polar surface area (TPSA) is 71.3 Å². The predicted molar refractivity (Wildman–Crippen MR) is 108 cm³/mol. The van der Waals surface area contributed by atoms with Gasteiger partial charge in [0, 0.05) is 24.3 Å². The van der Waals surface area contributed by atoms with E-state index in [0.717, 1.165) is 42.1 Å². The summed E-state index contributed by atoms with van der Waals surface area (Å²) in [6, 6.07) is 15.8. The first-order chi connectivity index (χ1) is 13.7. The highest BCUT2D eigenvalue weighted by Crippen LogP contribution is 2.24. The number of aryl methyl sites for hydroxylation is 1.